The van der Waals surface area contributed by atoms with Crippen molar-refractivity contribution in [3.63, 3.8) is 0 Å². The van der Waals surface area contributed by atoms with E-state index in [1.54, 1.807) is 0 Å². The van der Waals surface area contributed by atoms with Crippen molar-refractivity contribution < 1.29 is 9.53 Å². The van der Waals surface area contributed by atoms with E-state index in [1.807, 2.05) is 49.9 Å². The first-order chi connectivity index (χ1) is 9.36. The molecular formula is C16H22BrNO2. The molecule has 1 aliphatic rings. The maximum absolute atomic E-state index is 12.2. The van der Waals surface area contributed by atoms with Gasteiger partial charge in [0.2, 0.25) is 5.91 Å². The van der Waals surface area contributed by atoms with Crippen molar-refractivity contribution in [2.45, 2.75) is 39.7 Å². The van der Waals surface area contributed by atoms with Gasteiger partial charge in [-0.05, 0) is 24.3 Å². The van der Waals surface area contributed by atoms with Crippen molar-refractivity contribution in [2.24, 2.45) is 5.41 Å². The third kappa shape index (κ3) is 3.98. The third-order valence-corrected chi connectivity index (χ3v) is 4.02. The van der Waals surface area contributed by atoms with E-state index in [4.69, 9.17) is 4.74 Å². The number of carbonyl (C=O) groups is 1. The van der Waals surface area contributed by atoms with Crippen LogP contribution >= 0.6 is 15.9 Å². The molecule has 0 radical (unpaired) electrons. The zero-order valence-corrected chi connectivity index (χ0v) is 13.9. The summed E-state index contributed by atoms with van der Waals surface area (Å²) in [5.74, 6) is 1.13. The second kappa shape index (κ2) is 6.17. The summed E-state index contributed by atoms with van der Waals surface area (Å²) in [4.78, 5) is 14.2. The van der Waals surface area contributed by atoms with Crippen LogP contribution < -0.4 is 4.74 Å². The fraction of sp³-hybridized carbons (Fsp3) is 0.562. The fourth-order valence-electron chi connectivity index (χ4n) is 2.36. The summed E-state index contributed by atoms with van der Waals surface area (Å²) in [5.41, 5.74) is -0.292. The Kier molecular flexibility index (Phi) is 4.74. The summed E-state index contributed by atoms with van der Waals surface area (Å²) in [5, 5.41) is 0. The van der Waals surface area contributed by atoms with Crippen molar-refractivity contribution in [1.29, 1.82) is 0 Å². The van der Waals surface area contributed by atoms with Gasteiger partial charge in [-0.3, -0.25) is 4.79 Å². The van der Waals surface area contributed by atoms with Crippen LogP contribution in [-0.2, 0) is 4.79 Å². The number of hydrogen-bond donors (Lipinski definition) is 0. The van der Waals surface area contributed by atoms with Crippen LogP contribution in [0.4, 0.5) is 0 Å². The number of hydrogen-bond acceptors (Lipinski definition) is 2. The first-order valence-electron chi connectivity index (χ1n) is 7.08. The number of rotatable bonds is 2. The number of carbonyl (C=O) groups excluding carboxylic acids is 1. The molecule has 110 valence electrons. The van der Waals surface area contributed by atoms with Crippen LogP contribution in [0.3, 0.4) is 0 Å². The molecule has 0 spiro atoms. The smallest absolute Gasteiger partial charge is 0.227 e. The second-order valence-electron chi connectivity index (χ2n) is 6.31. The molecule has 0 N–H and O–H groups in total. The Balaban J connectivity index is 1.85. The quantitative estimate of drug-likeness (QED) is 0.818. The predicted molar refractivity (Wildman–Crippen MR) is 83.8 cm³/mol. The van der Waals surface area contributed by atoms with Crippen LogP contribution in [0.25, 0.3) is 0 Å². The highest BCUT2D eigenvalue weighted by molar-refractivity contribution is 9.10. The molecule has 20 heavy (non-hydrogen) atoms. The van der Waals surface area contributed by atoms with Gasteiger partial charge in [0.15, 0.2) is 0 Å². The van der Waals surface area contributed by atoms with E-state index in [9.17, 15) is 4.79 Å². The molecule has 1 aromatic rings. The normalized spacial score (nSPS) is 17.1. The summed E-state index contributed by atoms with van der Waals surface area (Å²) in [6.07, 6.45) is 2.01. The van der Waals surface area contributed by atoms with Gasteiger partial charge in [0.25, 0.3) is 0 Å². The molecule has 2 rings (SSSR count). The van der Waals surface area contributed by atoms with Crippen LogP contribution in [0.5, 0.6) is 5.75 Å². The minimum absolute atomic E-state index is 0.209. The summed E-state index contributed by atoms with van der Waals surface area (Å²) in [7, 11) is 0. The van der Waals surface area contributed by atoms with Crippen LogP contribution in [0, 0.1) is 5.41 Å². The summed E-state index contributed by atoms with van der Waals surface area (Å²) in [6.45, 7) is 7.49. The van der Waals surface area contributed by atoms with Gasteiger partial charge in [-0.2, -0.15) is 0 Å². The highest BCUT2D eigenvalue weighted by Crippen LogP contribution is 2.24. The standard InChI is InChI=1S/C16H22BrNO2/c1-16(2,3)15(19)18-10-8-14(9-11-18)20-13-6-4-12(17)5-7-13/h4-7,14H,8-11H2,1-3H3. The van der Waals surface area contributed by atoms with Crippen LogP contribution in [0.2, 0.25) is 0 Å². The molecular weight excluding hydrogens is 318 g/mol. The molecule has 0 atom stereocenters. The van der Waals surface area contributed by atoms with E-state index in [2.05, 4.69) is 15.9 Å². The van der Waals surface area contributed by atoms with Crippen LogP contribution in [0.1, 0.15) is 33.6 Å². The van der Waals surface area contributed by atoms with Crippen molar-refractivity contribution in [1.82, 2.24) is 4.90 Å². The Morgan fingerprint density at radius 3 is 2.25 bits per heavy atom. The van der Waals surface area contributed by atoms with Crippen molar-refractivity contribution in [3.05, 3.63) is 28.7 Å². The molecule has 1 fully saturated rings. The highest BCUT2D eigenvalue weighted by atomic mass is 79.9. The van der Waals surface area contributed by atoms with Gasteiger partial charge in [-0.25, -0.2) is 0 Å². The van der Waals surface area contributed by atoms with E-state index < -0.39 is 0 Å². The molecule has 0 aromatic heterocycles. The minimum Gasteiger partial charge on any atom is -0.490 e. The monoisotopic (exact) mass is 339 g/mol. The van der Waals surface area contributed by atoms with Gasteiger partial charge in [-0.15, -0.1) is 0 Å². The van der Waals surface area contributed by atoms with Gasteiger partial charge in [0.05, 0.1) is 0 Å². The van der Waals surface area contributed by atoms with Crippen molar-refractivity contribution in [3.8, 4) is 5.75 Å². The number of piperidine rings is 1. The lowest BCUT2D eigenvalue weighted by atomic mass is 9.93. The fourth-order valence-corrected chi connectivity index (χ4v) is 2.62. The molecule has 1 amide bonds. The number of amides is 1. The van der Waals surface area contributed by atoms with E-state index in [1.165, 1.54) is 0 Å². The number of halogens is 1. The van der Waals surface area contributed by atoms with Crippen molar-refractivity contribution >= 4 is 21.8 Å². The summed E-state index contributed by atoms with van der Waals surface area (Å²) >= 11 is 3.41. The molecule has 0 saturated carbocycles. The molecule has 0 aliphatic carbocycles. The van der Waals surface area contributed by atoms with Crippen LogP contribution in [0.15, 0.2) is 28.7 Å². The number of benzene rings is 1. The topological polar surface area (TPSA) is 29.5 Å². The lowest BCUT2D eigenvalue weighted by molar-refractivity contribution is -0.141. The van der Waals surface area contributed by atoms with E-state index in [-0.39, 0.29) is 17.4 Å². The zero-order valence-electron chi connectivity index (χ0n) is 12.4. The van der Waals surface area contributed by atoms with Gasteiger partial charge < -0.3 is 9.64 Å². The van der Waals surface area contributed by atoms with Crippen LogP contribution in [-0.4, -0.2) is 30.0 Å². The Labute approximate surface area is 129 Å². The van der Waals surface area contributed by atoms with Crippen molar-refractivity contribution in [2.75, 3.05) is 13.1 Å². The molecule has 4 heteroatoms. The Hall–Kier alpha value is -1.03. The Bertz CT molecular complexity index is 456. The molecule has 0 bridgehead atoms. The largest absolute Gasteiger partial charge is 0.490 e. The maximum atomic E-state index is 12.2. The molecule has 1 saturated heterocycles. The molecule has 1 aliphatic heterocycles. The SMILES string of the molecule is CC(C)(C)C(=O)N1CCC(Oc2ccc(Br)cc2)CC1. The molecule has 0 unspecified atom stereocenters. The van der Waals surface area contributed by atoms with Gasteiger partial charge in [0.1, 0.15) is 11.9 Å². The highest BCUT2D eigenvalue weighted by Gasteiger charge is 2.30. The second-order valence-corrected chi connectivity index (χ2v) is 7.23. The van der Waals surface area contributed by atoms with Gasteiger partial charge >= 0.3 is 0 Å². The predicted octanol–water partition coefficient (Wildman–Crippen LogP) is 3.87. The third-order valence-electron chi connectivity index (χ3n) is 3.49. The Morgan fingerprint density at radius 2 is 1.75 bits per heavy atom. The summed E-state index contributed by atoms with van der Waals surface area (Å²) in [6, 6.07) is 7.90. The van der Waals surface area contributed by atoms with Gasteiger partial charge in [-0.1, -0.05) is 36.7 Å². The lowest BCUT2D eigenvalue weighted by Gasteiger charge is -2.35. The molecule has 1 heterocycles. The van der Waals surface area contributed by atoms with Gasteiger partial charge in [0, 0.05) is 35.8 Å². The zero-order chi connectivity index (χ0) is 14.8. The Morgan fingerprint density at radius 1 is 1.20 bits per heavy atom. The maximum Gasteiger partial charge on any atom is 0.227 e. The average molecular weight is 340 g/mol. The van der Waals surface area contributed by atoms with E-state index in [0.29, 0.717) is 0 Å². The molecule has 3 nitrogen and oxygen atoms in total. The van der Waals surface area contributed by atoms with E-state index in [0.717, 1.165) is 36.2 Å². The van der Waals surface area contributed by atoms with E-state index >= 15 is 0 Å². The first kappa shape index (κ1) is 15.4. The number of likely N-dealkylation sites (tertiary alicyclic amines) is 1. The number of nitrogens with zero attached hydrogens (tertiary/aromatic N) is 1. The minimum atomic E-state index is -0.292. The lowest BCUT2D eigenvalue weighted by Crippen LogP contribution is -2.46. The summed E-state index contributed by atoms with van der Waals surface area (Å²) < 4.78 is 7.02. The average Bonchev–Trinajstić information content (AvgIpc) is 2.40. The number of ether oxygens (including phenoxy) is 1. The molecule has 1 aromatic carbocycles. The first-order valence-corrected chi connectivity index (χ1v) is 7.87.